The largest absolute Gasteiger partial charge is 0.460 e. The molecule has 1 amide bonds. The lowest BCUT2D eigenvalue weighted by atomic mass is 9.89. The summed E-state index contributed by atoms with van der Waals surface area (Å²) in [7, 11) is 0. The molecule has 0 saturated carbocycles. The molecule has 0 bridgehead atoms. The zero-order valence-electron chi connectivity index (χ0n) is 17.1. The van der Waals surface area contributed by atoms with Crippen molar-refractivity contribution in [3.8, 4) is 0 Å². The van der Waals surface area contributed by atoms with E-state index in [1.54, 1.807) is 0 Å². The molecule has 35 heavy (non-hydrogen) atoms. The van der Waals surface area contributed by atoms with Crippen LogP contribution in [0.2, 0.25) is 0 Å². The average molecular weight is 559 g/mol. The van der Waals surface area contributed by atoms with Gasteiger partial charge in [0.25, 0.3) is 0 Å². The Morgan fingerprint density at radius 3 is 1.23 bits per heavy atom. The van der Waals surface area contributed by atoms with Crippen LogP contribution in [0.1, 0.15) is 20.3 Å². The minimum atomic E-state index is -8.68. The molecule has 0 N–H and O–H groups in total. The number of carbonyl (C=O) groups excluding carboxylic acids is 1. The third-order valence-electron chi connectivity index (χ3n) is 4.32. The van der Waals surface area contributed by atoms with Crippen LogP contribution in [0.3, 0.4) is 0 Å². The Hall–Kier alpha value is -1.98. The maximum atomic E-state index is 14.0. The van der Waals surface area contributed by atoms with E-state index in [4.69, 9.17) is 0 Å². The van der Waals surface area contributed by atoms with Crippen LogP contribution in [0.4, 0.5) is 74.6 Å². The summed E-state index contributed by atoms with van der Waals surface area (Å²) < 4.78 is 225. The second kappa shape index (κ2) is 9.15. The molecule has 0 spiro atoms. The fourth-order valence-corrected chi connectivity index (χ4v) is 2.33. The highest BCUT2D eigenvalue weighted by molar-refractivity contribution is 5.92. The van der Waals surface area contributed by atoms with Gasteiger partial charge in [-0.2, -0.15) is 74.6 Å². The third-order valence-corrected chi connectivity index (χ3v) is 4.32. The summed E-state index contributed by atoms with van der Waals surface area (Å²) in [4.78, 5) is 11.3. The summed E-state index contributed by atoms with van der Waals surface area (Å²) in [6, 6.07) is 0. The summed E-state index contributed by atoms with van der Waals surface area (Å²) in [5, 5.41) is 0. The number of nitrogens with zero attached hydrogens (tertiary/aromatic N) is 1. The molecule has 0 aliphatic heterocycles. The summed E-state index contributed by atoms with van der Waals surface area (Å²) in [6.45, 7) is 0.895. The maximum absolute atomic E-state index is 14.0. The van der Waals surface area contributed by atoms with Gasteiger partial charge >= 0.3 is 47.6 Å². The fraction of sp³-hybridized carbons (Fsp3) is 0.812. The Morgan fingerprint density at radius 2 is 0.943 bits per heavy atom. The Balaban J connectivity index is 6.73. The topological polar surface area (TPSA) is 20.3 Å². The zero-order chi connectivity index (χ0) is 28.9. The average Bonchev–Trinajstić information content (AvgIpc) is 2.64. The molecule has 0 unspecified atom stereocenters. The number of halogens is 17. The molecule has 0 rings (SSSR count). The van der Waals surface area contributed by atoms with Gasteiger partial charge in [0.2, 0.25) is 5.91 Å². The Bertz CT molecular complexity index is 798. The van der Waals surface area contributed by atoms with Gasteiger partial charge < -0.3 is 4.90 Å². The first-order valence-corrected chi connectivity index (χ1v) is 8.69. The lowest BCUT2D eigenvalue weighted by Gasteiger charge is -2.43. The SMILES string of the molecule is C=C(C)C(=O)N(CCC)CC(F)(F)C(F)(F)C(F)(F)C(F)(F)C(F)(F)C(F)(F)C(F)(F)C(F)(F)F. The summed E-state index contributed by atoms with van der Waals surface area (Å²) >= 11 is 0. The highest BCUT2D eigenvalue weighted by Crippen LogP contribution is 2.63. The molecule has 0 aliphatic rings. The number of rotatable bonds is 11. The number of carbonyl (C=O) groups is 1. The predicted molar refractivity (Wildman–Crippen MR) is 82.4 cm³/mol. The standard InChI is InChI=1S/C16H14F17NO/c1-4-5-34(8(35)7(2)3)6-9(17,18)10(19,20)11(21,22)12(23,24)13(25,26)14(27,28)15(29,30)16(31,32)33/h2,4-6H2,1,3H3. The van der Waals surface area contributed by atoms with Gasteiger partial charge in [0.05, 0.1) is 6.54 Å². The highest BCUT2D eigenvalue weighted by atomic mass is 19.4. The first kappa shape index (κ1) is 33.0. The minimum Gasteiger partial charge on any atom is -0.333 e. The van der Waals surface area contributed by atoms with Gasteiger partial charge in [-0.1, -0.05) is 13.5 Å². The predicted octanol–water partition coefficient (Wildman–Crippen LogP) is 6.81. The molecule has 0 aliphatic carbocycles. The minimum absolute atomic E-state index is 0.371. The summed E-state index contributed by atoms with van der Waals surface area (Å²) in [6.07, 6.45) is -8.18. The molecule has 208 valence electrons. The van der Waals surface area contributed by atoms with Crippen molar-refractivity contribution in [3.63, 3.8) is 0 Å². The van der Waals surface area contributed by atoms with Crippen molar-refractivity contribution in [3.05, 3.63) is 12.2 Å². The molecule has 0 aromatic heterocycles. The second-order valence-electron chi connectivity index (χ2n) is 7.16. The van der Waals surface area contributed by atoms with Crippen LogP contribution in [0, 0.1) is 0 Å². The van der Waals surface area contributed by atoms with Gasteiger partial charge in [0, 0.05) is 12.1 Å². The van der Waals surface area contributed by atoms with Crippen LogP contribution in [0.5, 0.6) is 0 Å². The summed E-state index contributed by atoms with van der Waals surface area (Å²) in [5.74, 6) is -58.6. The molecule has 0 atom stereocenters. The van der Waals surface area contributed by atoms with Gasteiger partial charge in [0.15, 0.2) is 0 Å². The first-order chi connectivity index (χ1) is 15.0. The van der Waals surface area contributed by atoms with E-state index in [2.05, 4.69) is 6.58 Å². The molecular formula is C16H14F17NO. The molecule has 0 saturated heterocycles. The van der Waals surface area contributed by atoms with Crippen LogP contribution >= 0.6 is 0 Å². The van der Waals surface area contributed by atoms with Crippen molar-refractivity contribution in [2.75, 3.05) is 13.1 Å². The zero-order valence-corrected chi connectivity index (χ0v) is 17.1. The van der Waals surface area contributed by atoms with Gasteiger partial charge in [-0.3, -0.25) is 4.79 Å². The molecule has 2 nitrogen and oxygen atoms in total. The lowest BCUT2D eigenvalue weighted by Crippen LogP contribution is -2.75. The smallest absolute Gasteiger partial charge is 0.333 e. The first-order valence-electron chi connectivity index (χ1n) is 8.69. The Kier molecular flexibility index (Phi) is 8.63. The molecule has 0 aromatic carbocycles. The molecule has 0 heterocycles. The van der Waals surface area contributed by atoms with E-state index in [1.165, 1.54) is 0 Å². The molecule has 0 aromatic rings. The molecular weight excluding hydrogens is 545 g/mol. The van der Waals surface area contributed by atoms with Crippen LogP contribution in [-0.4, -0.2) is 71.5 Å². The van der Waals surface area contributed by atoms with Crippen molar-refractivity contribution in [1.29, 1.82) is 0 Å². The monoisotopic (exact) mass is 559 g/mol. The number of alkyl halides is 17. The van der Waals surface area contributed by atoms with E-state index in [9.17, 15) is 79.4 Å². The molecule has 0 fully saturated rings. The number of amides is 1. The third kappa shape index (κ3) is 4.86. The van der Waals surface area contributed by atoms with Crippen LogP contribution in [0.25, 0.3) is 0 Å². The van der Waals surface area contributed by atoms with E-state index < -0.39 is 72.2 Å². The number of hydrogen-bond donors (Lipinski definition) is 0. The van der Waals surface area contributed by atoms with Crippen LogP contribution in [-0.2, 0) is 4.79 Å². The maximum Gasteiger partial charge on any atom is 0.460 e. The normalized spacial score (nSPS) is 15.3. The van der Waals surface area contributed by atoms with Crippen LogP contribution < -0.4 is 0 Å². The Morgan fingerprint density at radius 1 is 0.629 bits per heavy atom. The summed E-state index contributed by atoms with van der Waals surface area (Å²) in [5.41, 5.74) is -0.699. The van der Waals surface area contributed by atoms with Crippen molar-refractivity contribution >= 4 is 5.91 Å². The second-order valence-corrected chi connectivity index (χ2v) is 7.16. The van der Waals surface area contributed by atoms with E-state index in [0.717, 1.165) is 13.8 Å². The highest BCUT2D eigenvalue weighted by Gasteiger charge is 2.95. The van der Waals surface area contributed by atoms with Gasteiger partial charge in [-0.05, 0) is 13.3 Å². The Labute approximate surface area is 184 Å². The van der Waals surface area contributed by atoms with Crippen molar-refractivity contribution < 1.29 is 79.4 Å². The van der Waals surface area contributed by atoms with Crippen molar-refractivity contribution in [1.82, 2.24) is 4.90 Å². The van der Waals surface area contributed by atoms with E-state index in [0.29, 0.717) is 0 Å². The van der Waals surface area contributed by atoms with Gasteiger partial charge in [-0.25, -0.2) is 0 Å². The van der Waals surface area contributed by atoms with E-state index in [-0.39, 0.29) is 11.3 Å². The fourth-order valence-electron chi connectivity index (χ4n) is 2.33. The van der Waals surface area contributed by atoms with E-state index in [1.807, 2.05) is 0 Å². The van der Waals surface area contributed by atoms with Crippen LogP contribution in [0.15, 0.2) is 12.2 Å². The molecule has 0 radical (unpaired) electrons. The van der Waals surface area contributed by atoms with Gasteiger partial charge in [0.1, 0.15) is 0 Å². The number of hydrogen-bond acceptors (Lipinski definition) is 1. The molecule has 19 heteroatoms. The van der Waals surface area contributed by atoms with Crippen molar-refractivity contribution in [2.24, 2.45) is 0 Å². The lowest BCUT2D eigenvalue weighted by molar-refractivity contribution is -0.461. The van der Waals surface area contributed by atoms with Gasteiger partial charge in [-0.15, -0.1) is 0 Å². The quantitative estimate of drug-likeness (QED) is 0.201. The van der Waals surface area contributed by atoms with Crippen molar-refractivity contribution in [2.45, 2.75) is 67.9 Å². The van der Waals surface area contributed by atoms with E-state index >= 15 is 0 Å².